The number of carbonyl (C=O) groups is 1. The number of hydrogen-bond donors (Lipinski definition) is 1. The van der Waals surface area contributed by atoms with E-state index < -0.39 is 0 Å². The molecule has 0 aromatic heterocycles. The SMILES string of the molecule is COC(=O)CC(C)N=C1NC2(CCCC2)CS1. The third-order valence-corrected chi connectivity index (χ3v) is 4.62. The van der Waals surface area contributed by atoms with Gasteiger partial charge in [-0.3, -0.25) is 9.79 Å². The van der Waals surface area contributed by atoms with Crippen LogP contribution in [0.15, 0.2) is 4.99 Å². The smallest absolute Gasteiger partial charge is 0.307 e. The standard InChI is InChI=1S/C12H20N2O2S/c1-9(7-10(15)16-2)13-11-14-12(8-17-11)5-3-4-6-12/h9H,3-8H2,1-2H3,(H,13,14). The first-order valence-corrected chi connectivity index (χ1v) is 7.18. The lowest BCUT2D eigenvalue weighted by Gasteiger charge is -2.22. The van der Waals surface area contributed by atoms with Gasteiger partial charge in [0.2, 0.25) is 0 Å². The lowest BCUT2D eigenvalue weighted by Crippen LogP contribution is -2.40. The van der Waals surface area contributed by atoms with Gasteiger partial charge >= 0.3 is 5.97 Å². The molecule has 0 radical (unpaired) electrons. The summed E-state index contributed by atoms with van der Waals surface area (Å²) in [7, 11) is 1.41. The molecule has 1 N–H and O–H groups in total. The van der Waals surface area contributed by atoms with Crippen molar-refractivity contribution in [3.05, 3.63) is 0 Å². The Hall–Kier alpha value is -0.710. The zero-order valence-corrected chi connectivity index (χ0v) is 11.3. The highest BCUT2D eigenvalue weighted by Gasteiger charge is 2.39. The van der Waals surface area contributed by atoms with Crippen LogP contribution in [0.25, 0.3) is 0 Å². The summed E-state index contributed by atoms with van der Waals surface area (Å²) < 4.78 is 4.64. The van der Waals surface area contributed by atoms with Crippen molar-refractivity contribution in [2.45, 2.75) is 50.6 Å². The van der Waals surface area contributed by atoms with Gasteiger partial charge in [0.25, 0.3) is 0 Å². The van der Waals surface area contributed by atoms with Crippen molar-refractivity contribution >= 4 is 22.9 Å². The quantitative estimate of drug-likeness (QED) is 0.784. The summed E-state index contributed by atoms with van der Waals surface area (Å²) in [6.07, 6.45) is 5.50. The average Bonchev–Trinajstić information content (AvgIpc) is 2.90. The molecule has 1 unspecified atom stereocenters. The van der Waals surface area contributed by atoms with Crippen LogP contribution in [0.4, 0.5) is 0 Å². The summed E-state index contributed by atoms with van der Waals surface area (Å²) in [5.41, 5.74) is 0.300. The maximum atomic E-state index is 11.1. The van der Waals surface area contributed by atoms with Gasteiger partial charge in [0.1, 0.15) is 0 Å². The molecular weight excluding hydrogens is 236 g/mol. The number of aliphatic imine (C=N–C) groups is 1. The van der Waals surface area contributed by atoms with Gasteiger partial charge in [-0.1, -0.05) is 24.6 Å². The van der Waals surface area contributed by atoms with Crippen LogP contribution in [0.1, 0.15) is 39.0 Å². The molecule has 0 amide bonds. The highest BCUT2D eigenvalue weighted by molar-refractivity contribution is 8.14. The first-order chi connectivity index (χ1) is 8.13. The monoisotopic (exact) mass is 256 g/mol. The van der Waals surface area contributed by atoms with Crippen molar-refractivity contribution in [2.75, 3.05) is 12.9 Å². The number of amidine groups is 1. The second-order valence-electron chi connectivity index (χ2n) is 4.96. The molecule has 1 saturated carbocycles. The molecule has 1 saturated heterocycles. The molecule has 1 aliphatic carbocycles. The Morgan fingerprint density at radius 3 is 2.94 bits per heavy atom. The van der Waals surface area contributed by atoms with Crippen LogP contribution in [0.5, 0.6) is 0 Å². The summed E-state index contributed by atoms with van der Waals surface area (Å²) >= 11 is 1.79. The van der Waals surface area contributed by atoms with Crippen molar-refractivity contribution in [3.63, 3.8) is 0 Å². The molecular formula is C12H20N2O2S. The summed E-state index contributed by atoms with van der Waals surface area (Å²) in [4.78, 5) is 15.7. The molecule has 2 aliphatic rings. The molecule has 4 nitrogen and oxygen atoms in total. The largest absolute Gasteiger partial charge is 0.469 e. The van der Waals surface area contributed by atoms with E-state index in [9.17, 15) is 4.79 Å². The lowest BCUT2D eigenvalue weighted by atomic mass is 10.0. The number of thioether (sulfide) groups is 1. The topological polar surface area (TPSA) is 50.7 Å². The molecule has 0 aromatic rings. The zero-order chi connectivity index (χ0) is 12.3. The van der Waals surface area contributed by atoms with Gasteiger partial charge in [0, 0.05) is 11.3 Å². The normalized spacial score (nSPS) is 26.1. The summed E-state index contributed by atoms with van der Waals surface area (Å²) in [5, 5.41) is 4.55. The van der Waals surface area contributed by atoms with Gasteiger partial charge in [0.05, 0.1) is 19.6 Å². The van der Waals surface area contributed by atoms with Crippen LogP contribution in [-0.4, -0.2) is 35.6 Å². The van der Waals surface area contributed by atoms with Crippen LogP contribution >= 0.6 is 11.8 Å². The van der Waals surface area contributed by atoms with Crippen molar-refractivity contribution in [2.24, 2.45) is 4.99 Å². The van der Waals surface area contributed by atoms with Gasteiger partial charge in [-0.15, -0.1) is 0 Å². The van der Waals surface area contributed by atoms with E-state index in [4.69, 9.17) is 0 Å². The van der Waals surface area contributed by atoms with E-state index in [2.05, 4.69) is 15.0 Å². The maximum absolute atomic E-state index is 11.1. The van der Waals surface area contributed by atoms with Crippen LogP contribution in [-0.2, 0) is 9.53 Å². The highest BCUT2D eigenvalue weighted by atomic mass is 32.2. The minimum Gasteiger partial charge on any atom is -0.469 e. The van der Waals surface area contributed by atoms with E-state index in [1.807, 2.05) is 6.92 Å². The third-order valence-electron chi connectivity index (χ3n) is 3.45. The second-order valence-corrected chi connectivity index (χ2v) is 5.93. The Balaban J connectivity index is 1.88. The van der Waals surface area contributed by atoms with Gasteiger partial charge in [-0.2, -0.15) is 0 Å². The number of carbonyl (C=O) groups excluding carboxylic acids is 1. The van der Waals surface area contributed by atoms with E-state index in [1.54, 1.807) is 11.8 Å². The third kappa shape index (κ3) is 3.15. The lowest BCUT2D eigenvalue weighted by molar-refractivity contribution is -0.140. The van der Waals surface area contributed by atoms with Crippen LogP contribution in [0.3, 0.4) is 0 Å². The molecule has 2 fully saturated rings. The van der Waals surface area contributed by atoms with Gasteiger partial charge in [-0.05, 0) is 19.8 Å². The minimum atomic E-state index is -0.194. The van der Waals surface area contributed by atoms with E-state index in [1.165, 1.54) is 32.8 Å². The van der Waals surface area contributed by atoms with Crippen molar-refractivity contribution in [1.82, 2.24) is 5.32 Å². The summed E-state index contributed by atoms with van der Waals surface area (Å²) in [6.45, 7) is 1.95. The predicted octanol–water partition coefficient (Wildman–Crippen LogP) is 1.94. The Kier molecular flexibility index (Phi) is 3.97. The molecule has 2 rings (SSSR count). The summed E-state index contributed by atoms with van der Waals surface area (Å²) in [5.74, 6) is 0.928. The first-order valence-electron chi connectivity index (χ1n) is 6.19. The van der Waals surface area contributed by atoms with Gasteiger partial charge in [0.15, 0.2) is 5.17 Å². The van der Waals surface area contributed by atoms with Crippen LogP contribution in [0.2, 0.25) is 0 Å². The van der Waals surface area contributed by atoms with Crippen molar-refractivity contribution < 1.29 is 9.53 Å². The molecule has 0 aromatic carbocycles. The first kappa shape index (κ1) is 12.7. The maximum Gasteiger partial charge on any atom is 0.307 e. The Bertz CT molecular complexity index is 324. The number of hydrogen-bond acceptors (Lipinski definition) is 4. The van der Waals surface area contributed by atoms with Crippen molar-refractivity contribution in [1.29, 1.82) is 0 Å². The molecule has 96 valence electrons. The van der Waals surface area contributed by atoms with Gasteiger partial charge in [-0.25, -0.2) is 0 Å². The predicted molar refractivity (Wildman–Crippen MR) is 70.3 cm³/mol. The van der Waals surface area contributed by atoms with Crippen LogP contribution < -0.4 is 5.32 Å². The van der Waals surface area contributed by atoms with E-state index in [0.29, 0.717) is 12.0 Å². The zero-order valence-electron chi connectivity index (χ0n) is 10.5. The molecule has 17 heavy (non-hydrogen) atoms. The number of ether oxygens (including phenoxy) is 1. The van der Waals surface area contributed by atoms with Gasteiger partial charge < -0.3 is 10.1 Å². The molecule has 1 aliphatic heterocycles. The Morgan fingerprint density at radius 2 is 2.29 bits per heavy atom. The van der Waals surface area contributed by atoms with Crippen LogP contribution in [0, 0.1) is 0 Å². The molecule has 5 heteroatoms. The fourth-order valence-corrected chi connectivity index (χ4v) is 3.78. The molecule has 0 bridgehead atoms. The van der Waals surface area contributed by atoms with Crippen molar-refractivity contribution in [3.8, 4) is 0 Å². The fourth-order valence-electron chi connectivity index (χ4n) is 2.47. The fraction of sp³-hybridized carbons (Fsp3) is 0.833. The Morgan fingerprint density at radius 1 is 1.59 bits per heavy atom. The van der Waals surface area contributed by atoms with E-state index >= 15 is 0 Å². The number of rotatable bonds is 3. The number of methoxy groups -OCH3 is 1. The Labute approximate surface area is 107 Å². The van der Waals surface area contributed by atoms with E-state index in [-0.39, 0.29) is 12.0 Å². The van der Waals surface area contributed by atoms with E-state index in [0.717, 1.165) is 10.9 Å². The minimum absolute atomic E-state index is 0.00555. The number of nitrogens with zero attached hydrogens (tertiary/aromatic N) is 1. The molecule has 1 atom stereocenters. The highest BCUT2D eigenvalue weighted by Crippen LogP contribution is 2.37. The second kappa shape index (κ2) is 5.29. The summed E-state index contributed by atoms with van der Waals surface area (Å²) in [6, 6.07) is -0.00555. The number of nitrogens with one attached hydrogen (secondary N) is 1. The molecule has 1 heterocycles. The molecule has 1 spiro atoms. The number of esters is 1. The average molecular weight is 256 g/mol.